The van der Waals surface area contributed by atoms with Gasteiger partial charge in [-0.05, 0) is 49.2 Å². The van der Waals surface area contributed by atoms with Crippen molar-refractivity contribution < 1.29 is 28.7 Å². The fourth-order valence-electron chi connectivity index (χ4n) is 3.34. The molecule has 0 saturated heterocycles. The van der Waals surface area contributed by atoms with Gasteiger partial charge in [0.1, 0.15) is 5.00 Å². The minimum absolute atomic E-state index is 0.00769. The first kappa shape index (κ1) is 23.5. The Morgan fingerprint density at radius 1 is 1.21 bits per heavy atom. The summed E-state index contributed by atoms with van der Waals surface area (Å²) in [5.74, 6) is 0.387. The second-order valence-electron chi connectivity index (χ2n) is 7.19. The van der Waals surface area contributed by atoms with Gasteiger partial charge in [0, 0.05) is 28.3 Å². The molecule has 0 spiro atoms. The number of fused-ring (bicyclic) bond motifs is 1. The standard InChI is InChI=1S/C23H20N2O7S2/c1-3-30-23(27)21-13(2)18(11-14-4-7-16-17(10-14)32-12-31-16)34-22(21)24-19(26)8-5-15-6-9-20(33-15)25(28)29/h4-10H,3,11-12H2,1-2H3,(H,24,26). The van der Waals surface area contributed by atoms with E-state index in [0.717, 1.165) is 27.3 Å². The molecule has 1 aromatic carbocycles. The molecule has 176 valence electrons. The van der Waals surface area contributed by atoms with Gasteiger partial charge in [0.05, 0.1) is 17.1 Å². The smallest absolute Gasteiger partial charge is 0.341 e. The number of esters is 1. The zero-order valence-electron chi connectivity index (χ0n) is 18.3. The van der Waals surface area contributed by atoms with Crippen LogP contribution in [0.3, 0.4) is 0 Å². The number of rotatable bonds is 8. The summed E-state index contributed by atoms with van der Waals surface area (Å²) in [5.41, 5.74) is 2.02. The van der Waals surface area contributed by atoms with Gasteiger partial charge in [-0.2, -0.15) is 0 Å². The van der Waals surface area contributed by atoms with Crippen LogP contribution >= 0.6 is 22.7 Å². The number of nitrogens with one attached hydrogen (secondary N) is 1. The molecular weight excluding hydrogens is 480 g/mol. The molecule has 0 bridgehead atoms. The van der Waals surface area contributed by atoms with E-state index in [1.807, 2.05) is 25.1 Å². The number of benzene rings is 1. The fourth-order valence-corrected chi connectivity index (χ4v) is 5.30. The van der Waals surface area contributed by atoms with Crippen LogP contribution < -0.4 is 14.8 Å². The van der Waals surface area contributed by atoms with Crippen molar-refractivity contribution in [2.24, 2.45) is 0 Å². The van der Waals surface area contributed by atoms with Gasteiger partial charge in [-0.15, -0.1) is 11.3 Å². The Kier molecular flexibility index (Phi) is 6.94. The van der Waals surface area contributed by atoms with E-state index in [1.165, 1.54) is 29.6 Å². The summed E-state index contributed by atoms with van der Waals surface area (Å²) in [4.78, 5) is 37.0. The third kappa shape index (κ3) is 5.10. The zero-order chi connectivity index (χ0) is 24.2. The summed E-state index contributed by atoms with van der Waals surface area (Å²) in [6, 6.07) is 8.61. The fraction of sp³-hybridized carbons (Fsp3) is 0.217. The molecule has 0 unspecified atom stereocenters. The Labute approximate surface area is 202 Å². The predicted octanol–water partition coefficient (Wildman–Crippen LogP) is 5.17. The molecule has 1 N–H and O–H groups in total. The number of ether oxygens (including phenoxy) is 3. The summed E-state index contributed by atoms with van der Waals surface area (Å²) < 4.78 is 16.0. The molecule has 9 nitrogen and oxygen atoms in total. The highest BCUT2D eigenvalue weighted by atomic mass is 32.1. The third-order valence-electron chi connectivity index (χ3n) is 4.96. The number of amides is 1. The maximum absolute atomic E-state index is 12.6. The van der Waals surface area contributed by atoms with Crippen molar-refractivity contribution in [3.63, 3.8) is 0 Å². The van der Waals surface area contributed by atoms with Gasteiger partial charge in [-0.1, -0.05) is 17.4 Å². The van der Waals surface area contributed by atoms with Crippen LogP contribution in [-0.2, 0) is 16.0 Å². The third-order valence-corrected chi connectivity index (χ3v) is 7.16. The van der Waals surface area contributed by atoms with E-state index < -0.39 is 16.8 Å². The predicted molar refractivity (Wildman–Crippen MR) is 129 cm³/mol. The topological polar surface area (TPSA) is 117 Å². The Morgan fingerprint density at radius 2 is 2.00 bits per heavy atom. The highest BCUT2D eigenvalue weighted by Gasteiger charge is 2.24. The first-order valence-corrected chi connectivity index (χ1v) is 11.9. The van der Waals surface area contributed by atoms with Gasteiger partial charge in [0.15, 0.2) is 11.5 Å². The summed E-state index contributed by atoms with van der Waals surface area (Å²) in [6.07, 6.45) is 3.30. The van der Waals surface area contributed by atoms with Crippen molar-refractivity contribution in [1.82, 2.24) is 0 Å². The van der Waals surface area contributed by atoms with Crippen molar-refractivity contribution in [2.75, 3.05) is 18.7 Å². The first-order chi connectivity index (χ1) is 16.4. The number of hydrogen-bond acceptors (Lipinski definition) is 9. The average Bonchev–Trinajstić information content (AvgIpc) is 3.52. The second-order valence-corrected chi connectivity index (χ2v) is 9.39. The Hall–Kier alpha value is -3.70. The summed E-state index contributed by atoms with van der Waals surface area (Å²) in [7, 11) is 0. The van der Waals surface area contributed by atoms with Crippen LogP contribution in [0.5, 0.6) is 11.5 Å². The molecule has 1 amide bonds. The molecule has 1 aliphatic heterocycles. The van der Waals surface area contributed by atoms with Gasteiger partial charge in [0.2, 0.25) is 12.7 Å². The summed E-state index contributed by atoms with van der Waals surface area (Å²) in [5, 5.41) is 14.0. The van der Waals surface area contributed by atoms with Crippen LogP contribution in [0.1, 0.15) is 38.2 Å². The Balaban J connectivity index is 1.56. The molecule has 0 atom stereocenters. The van der Waals surface area contributed by atoms with E-state index in [0.29, 0.717) is 33.4 Å². The van der Waals surface area contributed by atoms with Gasteiger partial charge in [-0.25, -0.2) is 4.79 Å². The molecular formula is C23H20N2O7S2. The quantitative estimate of drug-likeness (QED) is 0.196. The molecule has 0 aliphatic carbocycles. The van der Waals surface area contributed by atoms with E-state index in [1.54, 1.807) is 13.0 Å². The molecule has 3 heterocycles. The molecule has 34 heavy (non-hydrogen) atoms. The molecule has 0 saturated carbocycles. The summed E-state index contributed by atoms with van der Waals surface area (Å²) in [6.45, 7) is 3.93. The number of nitrogens with zero attached hydrogens (tertiary/aromatic N) is 1. The monoisotopic (exact) mass is 500 g/mol. The number of anilines is 1. The normalized spacial score (nSPS) is 12.2. The zero-order valence-corrected chi connectivity index (χ0v) is 19.9. The highest BCUT2D eigenvalue weighted by Crippen LogP contribution is 2.38. The number of carbonyl (C=O) groups excluding carboxylic acids is 2. The number of nitro groups is 1. The lowest BCUT2D eigenvalue weighted by Crippen LogP contribution is -2.12. The van der Waals surface area contributed by atoms with E-state index in [9.17, 15) is 19.7 Å². The SMILES string of the molecule is CCOC(=O)c1c(NC(=O)C=Cc2ccc([N+](=O)[O-])s2)sc(Cc2ccc3c(c2)OCO3)c1C. The lowest BCUT2D eigenvalue weighted by Gasteiger charge is -2.06. The van der Waals surface area contributed by atoms with Gasteiger partial charge >= 0.3 is 11.0 Å². The molecule has 11 heteroatoms. The maximum atomic E-state index is 12.6. The summed E-state index contributed by atoms with van der Waals surface area (Å²) >= 11 is 2.26. The average molecular weight is 501 g/mol. The van der Waals surface area contributed by atoms with E-state index in [2.05, 4.69) is 5.32 Å². The maximum Gasteiger partial charge on any atom is 0.341 e. The molecule has 2 aromatic heterocycles. The van der Waals surface area contributed by atoms with Gasteiger partial charge < -0.3 is 19.5 Å². The van der Waals surface area contributed by atoms with E-state index >= 15 is 0 Å². The molecule has 4 rings (SSSR count). The van der Waals surface area contributed by atoms with Crippen molar-refractivity contribution in [1.29, 1.82) is 0 Å². The molecule has 0 fully saturated rings. The van der Waals surface area contributed by atoms with Crippen molar-refractivity contribution >= 4 is 50.6 Å². The minimum Gasteiger partial charge on any atom is -0.462 e. The van der Waals surface area contributed by atoms with Crippen LogP contribution in [0.2, 0.25) is 0 Å². The number of hydrogen-bond donors (Lipinski definition) is 1. The molecule has 1 aliphatic rings. The van der Waals surface area contributed by atoms with Crippen LogP contribution in [0.4, 0.5) is 10.0 Å². The molecule has 0 radical (unpaired) electrons. The van der Waals surface area contributed by atoms with Gasteiger partial charge in [0.25, 0.3) is 0 Å². The van der Waals surface area contributed by atoms with Gasteiger partial charge in [-0.3, -0.25) is 14.9 Å². The highest BCUT2D eigenvalue weighted by molar-refractivity contribution is 7.17. The Bertz CT molecular complexity index is 1290. The van der Waals surface area contributed by atoms with Crippen molar-refractivity contribution in [3.8, 4) is 11.5 Å². The lowest BCUT2D eigenvalue weighted by molar-refractivity contribution is -0.380. The van der Waals surface area contributed by atoms with Crippen molar-refractivity contribution in [2.45, 2.75) is 20.3 Å². The molecule has 3 aromatic rings. The Morgan fingerprint density at radius 3 is 2.74 bits per heavy atom. The second kappa shape index (κ2) is 10.1. The van der Waals surface area contributed by atoms with E-state index in [-0.39, 0.29) is 18.4 Å². The number of thiophene rings is 2. The van der Waals surface area contributed by atoms with Crippen LogP contribution in [-0.4, -0.2) is 30.2 Å². The largest absolute Gasteiger partial charge is 0.462 e. The minimum atomic E-state index is -0.513. The first-order valence-electron chi connectivity index (χ1n) is 10.3. The lowest BCUT2D eigenvalue weighted by atomic mass is 10.1. The van der Waals surface area contributed by atoms with E-state index in [4.69, 9.17) is 14.2 Å². The van der Waals surface area contributed by atoms with Crippen molar-refractivity contribution in [3.05, 3.63) is 73.0 Å². The van der Waals surface area contributed by atoms with Crippen LogP contribution in [0.25, 0.3) is 6.08 Å². The van der Waals surface area contributed by atoms with Crippen LogP contribution in [0, 0.1) is 17.0 Å². The van der Waals surface area contributed by atoms with Crippen LogP contribution in [0.15, 0.2) is 36.4 Å². The number of carbonyl (C=O) groups is 2.